The summed E-state index contributed by atoms with van der Waals surface area (Å²) in [7, 11) is 0. The minimum atomic E-state index is -0.237. The minimum absolute atomic E-state index is 0. The van der Waals surface area contributed by atoms with Gasteiger partial charge in [0.15, 0.2) is 0 Å². The normalized spacial score (nSPS) is 11.8. The number of aryl methyl sites for hydroxylation is 1. The quantitative estimate of drug-likeness (QED) is 0.161. The van der Waals surface area contributed by atoms with Crippen molar-refractivity contribution in [3.8, 4) is 77.9 Å². The molecule has 0 N–H and O–H groups in total. The molecule has 6 aromatic heterocycles. The van der Waals surface area contributed by atoms with E-state index in [2.05, 4.69) is 193 Å². The molecule has 0 amide bonds. The van der Waals surface area contributed by atoms with Crippen LogP contribution in [0.2, 0.25) is 0 Å². The van der Waals surface area contributed by atoms with Crippen molar-refractivity contribution in [2.24, 2.45) is 0 Å². The van der Waals surface area contributed by atoms with E-state index in [4.69, 9.17) is 4.98 Å². The Morgan fingerprint density at radius 3 is 1.50 bits per heavy atom. The summed E-state index contributed by atoms with van der Waals surface area (Å²) in [6.45, 7) is 10.9. The molecule has 6 heterocycles. The molecule has 0 bridgehead atoms. The minimum Gasteiger partial charge on any atom is -0.305 e. The molecule has 12 heteroatoms. The fraction of sp³-hybridized carbons (Fsp3) is 0.0833. The number of halogens is 1. The van der Waals surface area contributed by atoms with Gasteiger partial charge < -0.3 is 19.9 Å². The first-order chi connectivity index (χ1) is 44.5. The van der Waals surface area contributed by atoms with E-state index in [1.165, 1.54) is 66.0 Å². The van der Waals surface area contributed by atoms with E-state index >= 15 is 0 Å². The average molecular weight is 2150 g/mol. The van der Waals surface area contributed by atoms with E-state index < -0.39 is 0 Å². The predicted octanol–water partition coefficient (Wildman–Crippen LogP) is 21.3. The van der Waals surface area contributed by atoms with Crippen LogP contribution in [0.3, 0.4) is 0 Å². The van der Waals surface area contributed by atoms with Crippen molar-refractivity contribution in [1.82, 2.24) is 24.9 Å². The number of benzene rings is 9. The van der Waals surface area contributed by atoms with Crippen molar-refractivity contribution < 1.29 is 105 Å². The van der Waals surface area contributed by atoms with Crippen LogP contribution in [-0.4, -0.2) is 24.9 Å². The zero-order chi connectivity index (χ0) is 62.3. The zero-order valence-corrected chi connectivity index (χ0v) is 65.5. The number of thiophene rings is 1. The summed E-state index contributed by atoms with van der Waals surface area (Å²) in [6.07, 6.45) is 7.20. The summed E-state index contributed by atoms with van der Waals surface area (Å²) < 4.78 is 14.5. The van der Waals surface area contributed by atoms with Gasteiger partial charge in [0.2, 0.25) is 0 Å². The van der Waals surface area contributed by atoms with Gasteiger partial charge in [0, 0.05) is 137 Å². The van der Waals surface area contributed by atoms with Crippen LogP contribution in [0.15, 0.2) is 280 Å². The molecule has 0 aliphatic heterocycles. The molecule has 0 atom stereocenters. The van der Waals surface area contributed by atoms with Crippen LogP contribution in [0.5, 0.6) is 0 Å². The molecule has 0 unspecified atom stereocenters. The number of hydrogen-bond acceptors (Lipinski definition) is 6. The summed E-state index contributed by atoms with van der Waals surface area (Å²) in [4.78, 5) is 23.3. The molecule has 2 aliphatic carbocycles. The largest absolute Gasteiger partial charge is 0.305 e. The second-order valence-corrected chi connectivity index (χ2v) is 24.4. The van der Waals surface area contributed by atoms with Crippen LogP contribution < -0.4 is 0 Å². The summed E-state index contributed by atoms with van der Waals surface area (Å²) >= 11 is 1.73. The Kier molecular flexibility index (Phi) is 25.9. The number of pyridine rings is 5. The van der Waals surface area contributed by atoms with Gasteiger partial charge in [0.1, 0.15) is 0 Å². The topological polar surface area (TPSA) is 64.5 Å². The molecule has 96 heavy (non-hydrogen) atoms. The number of nitrogens with zero attached hydrogens (tertiary/aromatic N) is 5. The molecule has 0 saturated carbocycles. The Labute approximate surface area is 633 Å². The van der Waals surface area contributed by atoms with Gasteiger partial charge in [-0.05, 0) is 101 Å². The van der Waals surface area contributed by atoms with Crippen LogP contribution in [-0.2, 0) is 111 Å². The van der Waals surface area contributed by atoms with Gasteiger partial charge in [0.05, 0.1) is 5.52 Å². The zero-order valence-electron chi connectivity index (χ0n) is 52.7. The van der Waals surface area contributed by atoms with E-state index in [0.717, 1.165) is 71.9 Å². The van der Waals surface area contributed by atoms with Gasteiger partial charge >= 0.3 is 0 Å². The SMILES string of the molecule is CC1(C)c2ccccc2-c2c[c-]c(-c3ccc4ccccc4n3)cc21.CC1(C)c2ccccc2-c2c[c-]c(-c3ccccn3)cc21.Cc1cc(-c2nccc3ccccc23)[c-]cc1F.[Ir].[Ir].[Ir].[Ir].[Ir].[c-]1c(-c2ccccn2)sc2ccccc12.[c-]1ccccc1-c1ccccn1. The van der Waals surface area contributed by atoms with Crippen molar-refractivity contribution in [2.75, 3.05) is 0 Å². The molecular weight excluding hydrogens is 2090 g/mol. The Hall–Kier alpha value is -7.61. The molecule has 0 fully saturated rings. The molecule has 5 nitrogen and oxygen atoms in total. The second kappa shape index (κ2) is 33.6. The maximum atomic E-state index is 13.3. The van der Waals surface area contributed by atoms with E-state index in [9.17, 15) is 4.39 Å². The van der Waals surface area contributed by atoms with Crippen molar-refractivity contribution in [3.63, 3.8) is 0 Å². The Bertz CT molecular complexity index is 4980. The van der Waals surface area contributed by atoms with E-state index in [0.29, 0.717) is 5.56 Å². The van der Waals surface area contributed by atoms with Gasteiger partial charge in [-0.2, -0.15) is 0 Å². The number of fused-ring (bicyclic) bond motifs is 9. The molecule has 0 saturated heterocycles. The molecule has 5 radical (unpaired) electrons. The van der Waals surface area contributed by atoms with Crippen molar-refractivity contribution in [3.05, 3.63) is 344 Å². The third-order valence-electron chi connectivity index (χ3n) is 16.8. The van der Waals surface area contributed by atoms with Crippen molar-refractivity contribution in [2.45, 2.75) is 45.4 Å². The van der Waals surface area contributed by atoms with Crippen molar-refractivity contribution >= 4 is 43.1 Å². The van der Waals surface area contributed by atoms with Crippen molar-refractivity contribution in [1.29, 1.82) is 0 Å². The Balaban J connectivity index is 0.000000154. The van der Waals surface area contributed by atoms with Gasteiger partial charge in [0.25, 0.3) is 0 Å². The summed E-state index contributed by atoms with van der Waals surface area (Å²) in [6, 6.07) is 102. The first kappa shape index (κ1) is 74.2. The number of hydrogen-bond donors (Lipinski definition) is 0. The molecule has 0 spiro atoms. The molecule has 17 rings (SSSR count). The monoisotopic (exact) mass is 2160 g/mol. The maximum absolute atomic E-state index is 13.3. The summed E-state index contributed by atoms with van der Waals surface area (Å²) in [5, 5.41) is 4.52. The van der Waals surface area contributed by atoms with Crippen LogP contribution >= 0.6 is 11.3 Å². The van der Waals surface area contributed by atoms with E-state index in [-0.39, 0.29) is 117 Å². The van der Waals surface area contributed by atoms with Crippen LogP contribution in [0.1, 0.15) is 55.5 Å². The average Bonchev–Trinajstić information content (AvgIpc) is 1.59. The molecule has 9 aromatic carbocycles. The smallest absolute Gasteiger partial charge is 0.0595 e. The van der Waals surface area contributed by atoms with Crippen LogP contribution in [0.25, 0.3) is 110 Å². The third-order valence-corrected chi connectivity index (χ3v) is 17.9. The van der Waals surface area contributed by atoms with Gasteiger partial charge in [-0.3, -0.25) is 9.37 Å². The fourth-order valence-corrected chi connectivity index (χ4v) is 13.0. The molecule has 15 aromatic rings. The number of para-hydroxylation sites is 1. The van der Waals surface area contributed by atoms with Crippen LogP contribution in [0, 0.1) is 43.1 Å². The molecular formula is C84H61FIr5N5S-5. The first-order valence-corrected chi connectivity index (χ1v) is 31.1. The molecule has 485 valence electrons. The van der Waals surface area contributed by atoms with Crippen LogP contribution in [0.4, 0.5) is 4.39 Å². The third kappa shape index (κ3) is 16.2. The fourth-order valence-electron chi connectivity index (χ4n) is 12.0. The van der Waals surface area contributed by atoms with Gasteiger partial charge in [-0.1, -0.05) is 214 Å². The van der Waals surface area contributed by atoms with Gasteiger partial charge in [-0.15, -0.1) is 142 Å². The van der Waals surface area contributed by atoms with E-state index in [1.807, 2.05) is 140 Å². The first-order valence-electron chi connectivity index (χ1n) is 30.3. The van der Waals surface area contributed by atoms with Gasteiger partial charge in [-0.25, -0.2) is 11.3 Å². The molecule has 2 aliphatic rings. The van der Waals surface area contributed by atoms with E-state index in [1.54, 1.807) is 36.7 Å². The predicted molar refractivity (Wildman–Crippen MR) is 373 cm³/mol. The maximum Gasteiger partial charge on any atom is 0.0595 e. The second-order valence-electron chi connectivity index (χ2n) is 23.3. The summed E-state index contributed by atoms with van der Waals surface area (Å²) in [5.74, 6) is -0.237. The number of rotatable bonds is 5. The Morgan fingerprint density at radius 1 is 0.385 bits per heavy atom. The standard InChI is InChI=1S/C24H18N.C20H16N.C16H11FN.C13H8NS.C11H8N.5Ir/c1-24(2)20-9-5-4-8-18(20)19-13-11-17(15-21(19)24)23-14-12-16-7-3-6-10-22(16)25-23;1-20(2)17-8-4-3-7-15(17)16-11-10-14(13-18(16)20)19-9-5-6-12-21-19;1-11-10-13(6-7-15(11)17)16-14-5-3-2-4-12(14)8-9-18-16;1-2-7-12-10(5-1)9-13(15-12)11-6-3-4-8-14-11;1-2-6-10(7-3-1)11-8-4-5-9-12-11;;;;;/h3-10,12-15H,1-2H3;3-9,11-13H,1-2H3;2-5,7-10H,1H3;1-8H;1-6,8-9H;;;;;/q5*-1;;;;;. The number of aromatic nitrogens is 5. The Morgan fingerprint density at radius 2 is 0.906 bits per heavy atom. The summed E-state index contributed by atoms with van der Waals surface area (Å²) in [5.41, 5.74) is 21.2.